The maximum atomic E-state index is 11.1. The van der Waals surface area contributed by atoms with E-state index >= 15 is 0 Å². The molecule has 108 valence electrons. The molecule has 1 aliphatic heterocycles. The first-order valence-corrected chi connectivity index (χ1v) is 7.94. The Hall–Kier alpha value is -1.72. The summed E-state index contributed by atoms with van der Waals surface area (Å²) in [4.78, 5) is 11.9. The lowest BCUT2D eigenvalue weighted by atomic mass is 10.0. The Morgan fingerprint density at radius 3 is 2.90 bits per heavy atom. The molecule has 0 fully saturated rings. The molecule has 0 radical (unpaired) electrons. The van der Waals surface area contributed by atoms with Gasteiger partial charge in [-0.15, -0.1) is 11.8 Å². The van der Waals surface area contributed by atoms with Crippen LogP contribution in [0.1, 0.15) is 18.0 Å². The van der Waals surface area contributed by atoms with Gasteiger partial charge in [0.05, 0.1) is 11.0 Å². The highest BCUT2D eigenvalue weighted by Gasteiger charge is 2.23. The lowest BCUT2D eigenvalue weighted by Crippen LogP contribution is -2.16. The molecule has 2 aromatic carbocycles. The SMILES string of the molecule is O=[N+]([O-])c1ccccc1NC1CCSc2ccc(Cl)cc21. The number of para-hydroxylation sites is 2. The van der Waals surface area contributed by atoms with Crippen LogP contribution < -0.4 is 5.32 Å². The summed E-state index contributed by atoms with van der Waals surface area (Å²) in [6.45, 7) is 0. The summed E-state index contributed by atoms with van der Waals surface area (Å²) in [6, 6.07) is 12.6. The number of benzene rings is 2. The number of nitrogens with one attached hydrogen (secondary N) is 1. The van der Waals surface area contributed by atoms with Crippen molar-refractivity contribution < 1.29 is 4.92 Å². The van der Waals surface area contributed by atoms with Crippen LogP contribution >= 0.6 is 23.4 Å². The topological polar surface area (TPSA) is 55.2 Å². The van der Waals surface area contributed by atoms with Crippen molar-refractivity contribution in [2.24, 2.45) is 0 Å². The second-order valence-electron chi connectivity index (χ2n) is 4.79. The van der Waals surface area contributed by atoms with E-state index in [1.807, 2.05) is 18.2 Å². The molecule has 0 amide bonds. The van der Waals surface area contributed by atoms with Gasteiger partial charge in [0, 0.05) is 21.7 Å². The Kier molecular flexibility index (Phi) is 4.03. The highest BCUT2D eigenvalue weighted by Crippen LogP contribution is 2.40. The third-order valence-electron chi connectivity index (χ3n) is 3.44. The third kappa shape index (κ3) is 2.99. The monoisotopic (exact) mass is 320 g/mol. The minimum Gasteiger partial charge on any atom is -0.373 e. The molecule has 0 spiro atoms. The number of hydrogen-bond donors (Lipinski definition) is 1. The highest BCUT2D eigenvalue weighted by molar-refractivity contribution is 7.99. The van der Waals surface area contributed by atoms with E-state index in [-0.39, 0.29) is 16.7 Å². The van der Waals surface area contributed by atoms with E-state index in [4.69, 9.17) is 11.6 Å². The molecule has 0 saturated carbocycles. The molecule has 4 nitrogen and oxygen atoms in total. The molecular formula is C15H13ClN2O2S. The molecule has 1 N–H and O–H groups in total. The fourth-order valence-electron chi connectivity index (χ4n) is 2.46. The second kappa shape index (κ2) is 5.95. The number of nitro benzene ring substituents is 1. The molecule has 1 aliphatic rings. The number of thioether (sulfide) groups is 1. The van der Waals surface area contributed by atoms with E-state index in [9.17, 15) is 10.1 Å². The van der Waals surface area contributed by atoms with E-state index in [1.54, 1.807) is 30.0 Å². The minimum atomic E-state index is -0.362. The van der Waals surface area contributed by atoms with Gasteiger partial charge in [0.1, 0.15) is 5.69 Å². The van der Waals surface area contributed by atoms with Gasteiger partial charge in [-0.2, -0.15) is 0 Å². The van der Waals surface area contributed by atoms with Crippen molar-refractivity contribution in [1.29, 1.82) is 0 Å². The van der Waals surface area contributed by atoms with Gasteiger partial charge in [0.25, 0.3) is 5.69 Å². The molecule has 6 heteroatoms. The zero-order valence-corrected chi connectivity index (χ0v) is 12.7. The maximum absolute atomic E-state index is 11.1. The maximum Gasteiger partial charge on any atom is 0.292 e. The molecule has 21 heavy (non-hydrogen) atoms. The average molecular weight is 321 g/mol. The van der Waals surface area contributed by atoms with E-state index in [0.29, 0.717) is 10.7 Å². The summed E-state index contributed by atoms with van der Waals surface area (Å²) in [6.07, 6.45) is 0.907. The van der Waals surface area contributed by atoms with E-state index in [2.05, 4.69) is 5.32 Å². The first kappa shape index (κ1) is 14.2. The number of nitrogens with zero attached hydrogens (tertiary/aromatic N) is 1. The number of anilines is 1. The first-order chi connectivity index (χ1) is 10.1. The molecule has 0 saturated heterocycles. The molecule has 1 atom stereocenters. The number of fused-ring (bicyclic) bond motifs is 1. The van der Waals surface area contributed by atoms with Crippen molar-refractivity contribution in [2.45, 2.75) is 17.4 Å². The van der Waals surface area contributed by atoms with Crippen LogP contribution in [-0.4, -0.2) is 10.7 Å². The van der Waals surface area contributed by atoms with Crippen molar-refractivity contribution in [3.05, 3.63) is 63.2 Å². The summed E-state index contributed by atoms with van der Waals surface area (Å²) >= 11 is 7.87. The Morgan fingerprint density at radius 2 is 2.10 bits per heavy atom. The fourth-order valence-corrected chi connectivity index (χ4v) is 3.74. The zero-order chi connectivity index (χ0) is 14.8. The van der Waals surface area contributed by atoms with Crippen molar-refractivity contribution in [3.8, 4) is 0 Å². The van der Waals surface area contributed by atoms with Crippen molar-refractivity contribution in [2.75, 3.05) is 11.1 Å². The van der Waals surface area contributed by atoms with Gasteiger partial charge < -0.3 is 5.32 Å². The van der Waals surface area contributed by atoms with Crippen molar-refractivity contribution in [1.82, 2.24) is 0 Å². The molecule has 0 aromatic heterocycles. The number of hydrogen-bond acceptors (Lipinski definition) is 4. The molecule has 0 aliphatic carbocycles. The predicted octanol–water partition coefficient (Wildman–Crippen LogP) is 4.90. The van der Waals surface area contributed by atoms with Gasteiger partial charge in [-0.3, -0.25) is 10.1 Å². The van der Waals surface area contributed by atoms with Crippen LogP contribution in [0, 0.1) is 10.1 Å². The second-order valence-corrected chi connectivity index (χ2v) is 6.36. The van der Waals surface area contributed by atoms with Crippen LogP contribution in [0.15, 0.2) is 47.4 Å². The summed E-state index contributed by atoms with van der Waals surface area (Å²) in [5.74, 6) is 0.979. The highest BCUT2D eigenvalue weighted by atomic mass is 35.5. The van der Waals surface area contributed by atoms with Gasteiger partial charge in [-0.1, -0.05) is 23.7 Å². The fraction of sp³-hybridized carbons (Fsp3) is 0.200. The lowest BCUT2D eigenvalue weighted by Gasteiger charge is -2.26. The number of nitro groups is 1. The Morgan fingerprint density at radius 1 is 1.29 bits per heavy atom. The van der Waals surface area contributed by atoms with Crippen molar-refractivity contribution >= 4 is 34.7 Å². The molecule has 1 unspecified atom stereocenters. The Balaban J connectivity index is 1.94. The average Bonchev–Trinajstić information content (AvgIpc) is 2.48. The quantitative estimate of drug-likeness (QED) is 0.645. The van der Waals surface area contributed by atoms with Crippen LogP contribution in [0.2, 0.25) is 5.02 Å². The largest absolute Gasteiger partial charge is 0.373 e. The molecule has 1 heterocycles. The van der Waals surface area contributed by atoms with Gasteiger partial charge in [0.2, 0.25) is 0 Å². The van der Waals surface area contributed by atoms with Crippen LogP contribution in [0.25, 0.3) is 0 Å². The number of halogens is 1. The lowest BCUT2D eigenvalue weighted by molar-refractivity contribution is -0.384. The summed E-state index contributed by atoms with van der Waals surface area (Å²) < 4.78 is 0. The Bertz CT molecular complexity index is 693. The van der Waals surface area contributed by atoms with Crippen LogP contribution in [0.4, 0.5) is 11.4 Å². The van der Waals surface area contributed by atoms with E-state index < -0.39 is 0 Å². The predicted molar refractivity (Wildman–Crippen MR) is 86.3 cm³/mol. The molecule has 3 rings (SSSR count). The summed E-state index contributed by atoms with van der Waals surface area (Å²) in [5, 5.41) is 15.1. The minimum absolute atomic E-state index is 0.0426. The zero-order valence-electron chi connectivity index (χ0n) is 11.1. The van der Waals surface area contributed by atoms with Crippen molar-refractivity contribution in [3.63, 3.8) is 0 Å². The number of rotatable bonds is 3. The summed E-state index contributed by atoms with van der Waals surface area (Å²) in [7, 11) is 0. The molecule has 2 aromatic rings. The van der Waals surface area contributed by atoms with Crippen LogP contribution in [0.5, 0.6) is 0 Å². The first-order valence-electron chi connectivity index (χ1n) is 6.57. The normalized spacial score (nSPS) is 17.1. The Labute approximate surface area is 131 Å². The van der Waals surface area contributed by atoms with Gasteiger partial charge in [-0.25, -0.2) is 0 Å². The summed E-state index contributed by atoms with van der Waals surface area (Å²) in [5.41, 5.74) is 1.75. The third-order valence-corrected chi connectivity index (χ3v) is 4.80. The van der Waals surface area contributed by atoms with Gasteiger partial charge >= 0.3 is 0 Å². The molecule has 0 bridgehead atoms. The van der Waals surface area contributed by atoms with Gasteiger partial charge in [-0.05, 0) is 36.2 Å². The van der Waals surface area contributed by atoms with Gasteiger partial charge in [0.15, 0.2) is 0 Å². The van der Waals surface area contributed by atoms with Crippen LogP contribution in [0.3, 0.4) is 0 Å². The standard InChI is InChI=1S/C15H13ClN2O2S/c16-10-5-6-15-11(9-10)12(7-8-21-15)17-13-3-1-2-4-14(13)18(19)20/h1-6,9,12,17H,7-8H2. The smallest absolute Gasteiger partial charge is 0.292 e. The van der Waals surface area contributed by atoms with Crippen LogP contribution in [-0.2, 0) is 0 Å². The van der Waals surface area contributed by atoms with E-state index in [0.717, 1.165) is 17.7 Å². The molecular weight excluding hydrogens is 308 g/mol. The van der Waals surface area contributed by atoms with E-state index in [1.165, 1.54) is 11.0 Å².